The predicted octanol–water partition coefficient (Wildman–Crippen LogP) is 4.73. The van der Waals surface area contributed by atoms with Crippen molar-refractivity contribution in [3.8, 4) is 0 Å². The van der Waals surface area contributed by atoms with E-state index in [9.17, 15) is 10.0 Å². The predicted molar refractivity (Wildman–Crippen MR) is 109 cm³/mol. The van der Waals surface area contributed by atoms with Gasteiger partial charge in [-0.25, -0.2) is 5.06 Å². The Kier molecular flexibility index (Phi) is 7.57. The van der Waals surface area contributed by atoms with Gasteiger partial charge in [-0.05, 0) is 63.2 Å². The van der Waals surface area contributed by atoms with Gasteiger partial charge in [0.2, 0.25) is 0 Å². The van der Waals surface area contributed by atoms with Gasteiger partial charge in [0.1, 0.15) is 0 Å². The second-order valence-electron chi connectivity index (χ2n) is 9.64. The Hall–Kier alpha value is -0.910. The van der Waals surface area contributed by atoms with E-state index in [0.717, 1.165) is 32.3 Å². The second-order valence-corrected chi connectivity index (χ2v) is 9.64. The number of fused-ring (bicyclic) bond motifs is 2. The van der Waals surface area contributed by atoms with Crippen molar-refractivity contribution in [1.82, 2.24) is 5.06 Å². The van der Waals surface area contributed by atoms with E-state index in [0.29, 0.717) is 35.2 Å². The van der Waals surface area contributed by atoms with Crippen molar-refractivity contribution < 1.29 is 19.5 Å². The van der Waals surface area contributed by atoms with Gasteiger partial charge in [0.25, 0.3) is 5.91 Å². The normalized spacial score (nSPS) is 30.6. The molecule has 5 heteroatoms. The van der Waals surface area contributed by atoms with Crippen LogP contribution in [0.15, 0.2) is 12.2 Å². The summed E-state index contributed by atoms with van der Waals surface area (Å²) in [5.41, 5.74) is -0.538. The van der Waals surface area contributed by atoms with Crippen molar-refractivity contribution in [1.29, 1.82) is 0 Å². The maximum atomic E-state index is 12.0. The number of rotatable bonds is 10. The smallest absolute Gasteiger partial charge is 0.251 e. The number of hydrogen-bond acceptors (Lipinski definition) is 4. The summed E-state index contributed by atoms with van der Waals surface area (Å²) >= 11 is 0. The van der Waals surface area contributed by atoms with Gasteiger partial charge < -0.3 is 9.47 Å². The van der Waals surface area contributed by atoms with Gasteiger partial charge in [-0.1, -0.05) is 38.8 Å². The van der Waals surface area contributed by atoms with Crippen LogP contribution in [0, 0.1) is 17.3 Å². The lowest BCUT2D eigenvalue weighted by atomic mass is 9.76. The summed E-state index contributed by atoms with van der Waals surface area (Å²) in [4.78, 5) is 12.0. The van der Waals surface area contributed by atoms with Gasteiger partial charge in [-0.3, -0.25) is 10.0 Å². The van der Waals surface area contributed by atoms with Crippen LogP contribution in [0.1, 0.15) is 78.1 Å². The van der Waals surface area contributed by atoms with E-state index in [1.807, 2.05) is 13.8 Å². The lowest BCUT2D eigenvalue weighted by Crippen LogP contribution is -2.36. The molecule has 1 aliphatic carbocycles. The van der Waals surface area contributed by atoms with Crippen LogP contribution in [-0.2, 0) is 14.3 Å². The van der Waals surface area contributed by atoms with Crippen molar-refractivity contribution in [2.75, 3.05) is 13.7 Å². The molecular weight excluding hydrogens is 354 g/mol. The molecule has 4 atom stereocenters. The molecular formula is C23H39NO4. The molecule has 0 aromatic carbocycles. The van der Waals surface area contributed by atoms with E-state index in [1.54, 1.807) is 0 Å². The number of nitrogens with zero attached hydrogens (tertiary/aromatic N) is 1. The third kappa shape index (κ3) is 5.37. The average Bonchev–Trinajstić information content (AvgIpc) is 3.39. The fourth-order valence-corrected chi connectivity index (χ4v) is 5.38. The minimum absolute atomic E-state index is 0.232. The minimum atomic E-state index is -0.538. The van der Waals surface area contributed by atoms with Crippen LogP contribution >= 0.6 is 0 Å². The maximum absolute atomic E-state index is 12.0. The molecule has 0 aromatic rings. The third-order valence-electron chi connectivity index (χ3n) is 7.08. The summed E-state index contributed by atoms with van der Waals surface area (Å²) < 4.78 is 12.3. The Morgan fingerprint density at radius 2 is 1.82 bits per heavy atom. The largest absolute Gasteiger partial charge is 0.378 e. The fraction of sp³-hybridized carbons (Fsp3) is 0.870. The Balaban J connectivity index is 1.41. The number of ether oxygens (including phenoxy) is 2. The van der Waals surface area contributed by atoms with Crippen LogP contribution in [-0.4, -0.2) is 48.1 Å². The highest BCUT2D eigenvalue weighted by molar-refractivity contribution is 5.80. The van der Waals surface area contributed by atoms with E-state index < -0.39 is 5.41 Å². The number of allylic oxidation sites excluding steroid dienone is 2. The van der Waals surface area contributed by atoms with E-state index >= 15 is 0 Å². The van der Waals surface area contributed by atoms with Gasteiger partial charge in [0.05, 0.1) is 18.3 Å². The van der Waals surface area contributed by atoms with Crippen LogP contribution in [0.2, 0.25) is 0 Å². The van der Waals surface area contributed by atoms with Gasteiger partial charge in [-0.15, -0.1) is 0 Å². The summed E-state index contributed by atoms with van der Waals surface area (Å²) in [5.74, 6) is 1.01. The number of carbonyl (C=O) groups is 1. The molecule has 2 saturated heterocycles. The first-order chi connectivity index (χ1) is 13.4. The Morgan fingerprint density at radius 1 is 1.14 bits per heavy atom. The average molecular weight is 394 g/mol. The zero-order chi connectivity index (χ0) is 20.1. The van der Waals surface area contributed by atoms with Crippen LogP contribution in [0.3, 0.4) is 0 Å². The van der Waals surface area contributed by atoms with Gasteiger partial charge in [0, 0.05) is 19.1 Å². The zero-order valence-electron chi connectivity index (χ0n) is 17.9. The second kappa shape index (κ2) is 9.73. The molecule has 0 radical (unpaired) electrons. The summed E-state index contributed by atoms with van der Waals surface area (Å²) in [5, 5.41) is 10.1. The first-order valence-electron chi connectivity index (χ1n) is 11.3. The van der Waals surface area contributed by atoms with E-state index in [-0.39, 0.29) is 5.91 Å². The van der Waals surface area contributed by atoms with Crippen molar-refractivity contribution in [3.05, 3.63) is 12.2 Å². The molecule has 28 heavy (non-hydrogen) atoms. The number of amides is 1. The minimum Gasteiger partial charge on any atom is -0.378 e. The van der Waals surface area contributed by atoms with Gasteiger partial charge in [-0.2, -0.15) is 0 Å². The Bertz CT molecular complexity index is 539. The van der Waals surface area contributed by atoms with Crippen molar-refractivity contribution in [3.63, 3.8) is 0 Å². The molecule has 2 bridgehead atoms. The van der Waals surface area contributed by atoms with Crippen molar-refractivity contribution in [2.24, 2.45) is 17.3 Å². The van der Waals surface area contributed by atoms with E-state index in [1.165, 1.54) is 45.6 Å². The number of hydrogen-bond donors (Lipinski definition) is 1. The summed E-state index contributed by atoms with van der Waals surface area (Å²) in [6, 6.07) is 0. The molecule has 1 N–H and O–H groups in total. The molecule has 2 heterocycles. The highest BCUT2D eigenvalue weighted by Gasteiger charge is 2.47. The molecule has 3 aliphatic rings. The quantitative estimate of drug-likeness (QED) is 0.331. The molecule has 0 aromatic heterocycles. The zero-order valence-corrected chi connectivity index (χ0v) is 17.9. The van der Waals surface area contributed by atoms with Crippen molar-refractivity contribution in [2.45, 2.75) is 96.4 Å². The van der Waals surface area contributed by atoms with Crippen LogP contribution in [0.25, 0.3) is 0 Å². The monoisotopic (exact) mass is 393 g/mol. The molecule has 0 unspecified atom stereocenters. The Labute approximate surface area is 170 Å². The molecule has 160 valence electrons. The van der Waals surface area contributed by atoms with Crippen molar-refractivity contribution >= 4 is 5.91 Å². The van der Waals surface area contributed by atoms with Crippen LogP contribution in [0.5, 0.6) is 0 Å². The molecule has 1 saturated carbocycles. The molecule has 3 rings (SSSR count). The number of hydroxylamine groups is 2. The molecule has 0 spiro atoms. The molecule has 5 nitrogen and oxygen atoms in total. The Morgan fingerprint density at radius 3 is 2.50 bits per heavy atom. The van der Waals surface area contributed by atoms with E-state index in [4.69, 9.17) is 9.47 Å². The first-order valence-corrected chi connectivity index (χ1v) is 11.3. The maximum Gasteiger partial charge on any atom is 0.251 e. The lowest BCUT2D eigenvalue weighted by Gasteiger charge is -2.27. The molecule has 3 fully saturated rings. The molecule has 1 amide bonds. The number of carbonyl (C=O) groups excluding carboxylic acids is 1. The first kappa shape index (κ1) is 21.8. The van der Waals surface area contributed by atoms with Gasteiger partial charge in [0.15, 0.2) is 0 Å². The van der Waals surface area contributed by atoms with Crippen LogP contribution in [0.4, 0.5) is 0 Å². The topological polar surface area (TPSA) is 59.0 Å². The molecule has 2 aliphatic heterocycles. The van der Waals surface area contributed by atoms with Gasteiger partial charge >= 0.3 is 0 Å². The fourth-order valence-electron chi connectivity index (χ4n) is 5.38. The highest BCUT2D eigenvalue weighted by Crippen LogP contribution is 2.46. The summed E-state index contributed by atoms with van der Waals surface area (Å²) in [7, 11) is 1.39. The van der Waals surface area contributed by atoms with E-state index in [2.05, 4.69) is 12.2 Å². The lowest BCUT2D eigenvalue weighted by molar-refractivity contribution is -0.169. The highest BCUT2D eigenvalue weighted by atomic mass is 16.5. The summed E-state index contributed by atoms with van der Waals surface area (Å²) in [6.07, 6.45) is 17.2. The third-order valence-corrected chi connectivity index (χ3v) is 7.08. The summed E-state index contributed by atoms with van der Waals surface area (Å²) in [6.45, 7) is 4.66. The SMILES string of the molecule is CN(O)C(=O)C(C)(C)CCC=CC[C@H]1[C@@H](CCOC2CCCC2)[C@H]2CC[C@@H]1O2. The van der Waals surface area contributed by atoms with Crippen LogP contribution < -0.4 is 0 Å². The standard InChI is InChI=1S/C23H39NO4/c1-23(2,22(25)24(3)26)15-8-4-5-11-18-19(21-13-12-20(18)28-21)14-16-27-17-9-6-7-10-17/h4-5,17-21,26H,6-16H2,1-3H3/t18-,19+,20-,21+/m0/s1.